The van der Waals surface area contributed by atoms with Gasteiger partial charge in [-0.05, 0) is 35.9 Å². The van der Waals surface area contributed by atoms with E-state index in [-0.39, 0.29) is 10.8 Å². The van der Waals surface area contributed by atoms with Crippen LogP contribution in [0.5, 0.6) is 0 Å². The number of carboxylic acids is 1. The minimum Gasteiger partial charge on any atom is -0.478 e. The third-order valence-electron chi connectivity index (χ3n) is 2.72. The molecule has 1 N–H and O–H groups in total. The van der Waals surface area contributed by atoms with E-state index in [9.17, 15) is 13.4 Å². The monoisotopic (exact) mass is 346 g/mol. The standard InChI is InChI=1S/C14H9Cl2FO3S/c15-11-4-2-9(6-12(11)16)21(20)7-8-1-3-10(14(18)19)13(17)5-8/h1-6H,7H2,(H,18,19). The van der Waals surface area contributed by atoms with Crippen molar-refractivity contribution < 1.29 is 18.5 Å². The second-order valence-corrected chi connectivity index (χ2v) is 6.45. The van der Waals surface area contributed by atoms with Crippen molar-refractivity contribution in [3.63, 3.8) is 0 Å². The summed E-state index contributed by atoms with van der Waals surface area (Å²) >= 11 is 11.6. The fraction of sp³-hybridized carbons (Fsp3) is 0.0714. The van der Waals surface area contributed by atoms with Gasteiger partial charge in [0.15, 0.2) is 0 Å². The molecule has 0 aliphatic heterocycles. The second-order valence-electron chi connectivity index (χ2n) is 4.19. The molecule has 0 bridgehead atoms. The summed E-state index contributed by atoms with van der Waals surface area (Å²) in [5, 5.41) is 9.39. The Morgan fingerprint density at radius 1 is 1.14 bits per heavy atom. The Balaban J connectivity index is 2.21. The number of carboxylic acid groups (broad SMARTS) is 1. The zero-order chi connectivity index (χ0) is 15.6. The number of halogens is 3. The van der Waals surface area contributed by atoms with Gasteiger partial charge in [-0.2, -0.15) is 0 Å². The number of hydrogen-bond donors (Lipinski definition) is 1. The van der Waals surface area contributed by atoms with Crippen LogP contribution in [0.1, 0.15) is 15.9 Å². The van der Waals surface area contributed by atoms with E-state index in [1.165, 1.54) is 18.2 Å². The quantitative estimate of drug-likeness (QED) is 0.904. The van der Waals surface area contributed by atoms with Crippen LogP contribution >= 0.6 is 23.2 Å². The van der Waals surface area contributed by atoms with E-state index in [2.05, 4.69) is 0 Å². The molecule has 0 aliphatic carbocycles. The molecule has 2 rings (SSSR count). The number of carbonyl (C=O) groups is 1. The number of rotatable bonds is 4. The molecule has 0 saturated carbocycles. The highest BCUT2D eigenvalue weighted by atomic mass is 35.5. The van der Waals surface area contributed by atoms with Crippen LogP contribution in [0.15, 0.2) is 41.3 Å². The Kier molecular flexibility index (Phi) is 4.98. The molecule has 3 nitrogen and oxygen atoms in total. The maximum Gasteiger partial charge on any atom is 0.338 e. The molecule has 0 amide bonds. The summed E-state index contributed by atoms with van der Waals surface area (Å²) in [4.78, 5) is 11.2. The maximum atomic E-state index is 13.6. The predicted octanol–water partition coefficient (Wildman–Crippen LogP) is 4.14. The van der Waals surface area contributed by atoms with Crippen molar-refractivity contribution in [1.29, 1.82) is 0 Å². The van der Waals surface area contributed by atoms with Gasteiger partial charge in [-0.3, -0.25) is 4.21 Å². The van der Waals surface area contributed by atoms with E-state index in [0.29, 0.717) is 15.5 Å². The molecule has 2 aromatic rings. The largest absolute Gasteiger partial charge is 0.478 e. The molecule has 0 spiro atoms. The van der Waals surface area contributed by atoms with Crippen molar-refractivity contribution in [2.45, 2.75) is 10.6 Å². The Morgan fingerprint density at radius 2 is 1.86 bits per heavy atom. The van der Waals surface area contributed by atoms with Gasteiger partial charge in [0.2, 0.25) is 0 Å². The second kappa shape index (κ2) is 6.56. The third-order valence-corrected chi connectivity index (χ3v) is 4.83. The van der Waals surface area contributed by atoms with Crippen molar-refractivity contribution in [3.05, 3.63) is 63.4 Å². The topological polar surface area (TPSA) is 54.4 Å². The molecule has 0 aromatic heterocycles. The fourth-order valence-corrected chi connectivity index (χ4v) is 3.16. The first-order valence-corrected chi connectivity index (χ1v) is 7.81. The van der Waals surface area contributed by atoms with E-state index in [1.54, 1.807) is 6.07 Å². The van der Waals surface area contributed by atoms with E-state index >= 15 is 0 Å². The van der Waals surface area contributed by atoms with Gasteiger partial charge in [-0.15, -0.1) is 0 Å². The molecule has 21 heavy (non-hydrogen) atoms. The first-order valence-electron chi connectivity index (χ1n) is 5.73. The summed E-state index contributed by atoms with van der Waals surface area (Å²) in [5.74, 6) is -2.15. The summed E-state index contributed by atoms with van der Waals surface area (Å²) < 4.78 is 25.7. The van der Waals surface area contributed by atoms with Crippen molar-refractivity contribution in [1.82, 2.24) is 0 Å². The molecule has 0 aliphatic rings. The number of benzene rings is 2. The van der Waals surface area contributed by atoms with Gasteiger partial charge < -0.3 is 5.11 Å². The van der Waals surface area contributed by atoms with Crippen molar-refractivity contribution in [2.75, 3.05) is 0 Å². The highest BCUT2D eigenvalue weighted by Gasteiger charge is 2.13. The Labute approximate surface area is 132 Å². The molecule has 0 fully saturated rings. The molecular formula is C14H9Cl2FO3S. The van der Waals surface area contributed by atoms with E-state index in [1.807, 2.05) is 0 Å². The minimum absolute atomic E-state index is 0.0504. The SMILES string of the molecule is O=C(O)c1ccc(CS(=O)c2ccc(Cl)c(Cl)c2)cc1F. The van der Waals surface area contributed by atoms with Gasteiger partial charge in [0.1, 0.15) is 5.82 Å². The average molecular weight is 347 g/mol. The summed E-state index contributed by atoms with van der Waals surface area (Å²) in [7, 11) is -1.44. The van der Waals surface area contributed by atoms with Crippen LogP contribution in [0.2, 0.25) is 10.0 Å². The lowest BCUT2D eigenvalue weighted by molar-refractivity contribution is 0.0692. The van der Waals surface area contributed by atoms with Crippen LogP contribution in [-0.4, -0.2) is 15.3 Å². The normalized spacial score (nSPS) is 12.1. The highest BCUT2D eigenvalue weighted by molar-refractivity contribution is 7.84. The molecule has 0 radical (unpaired) electrons. The molecule has 0 heterocycles. The molecule has 1 unspecified atom stereocenters. The van der Waals surface area contributed by atoms with E-state index in [4.69, 9.17) is 28.3 Å². The molecule has 2 aromatic carbocycles. The van der Waals surface area contributed by atoms with Crippen molar-refractivity contribution in [2.24, 2.45) is 0 Å². The lowest BCUT2D eigenvalue weighted by Gasteiger charge is -2.05. The van der Waals surface area contributed by atoms with Gasteiger partial charge in [0.05, 0.1) is 32.2 Å². The molecular weight excluding hydrogens is 338 g/mol. The molecule has 110 valence electrons. The molecule has 0 saturated heterocycles. The zero-order valence-corrected chi connectivity index (χ0v) is 12.8. The van der Waals surface area contributed by atoms with Crippen molar-refractivity contribution in [3.8, 4) is 0 Å². The van der Waals surface area contributed by atoms with E-state index < -0.39 is 28.1 Å². The lowest BCUT2D eigenvalue weighted by atomic mass is 10.1. The van der Waals surface area contributed by atoms with Crippen LogP contribution in [0.4, 0.5) is 4.39 Å². The lowest BCUT2D eigenvalue weighted by Crippen LogP contribution is -2.03. The average Bonchev–Trinajstić information content (AvgIpc) is 2.41. The first kappa shape index (κ1) is 15.9. The molecule has 1 atom stereocenters. The Hall–Kier alpha value is -1.43. The van der Waals surface area contributed by atoms with Gasteiger partial charge in [-0.25, -0.2) is 9.18 Å². The summed E-state index contributed by atoms with van der Waals surface area (Å²) in [6.07, 6.45) is 0. The van der Waals surface area contributed by atoms with Crippen LogP contribution in [0.3, 0.4) is 0 Å². The third kappa shape index (κ3) is 3.81. The minimum atomic E-state index is -1.44. The summed E-state index contributed by atoms with van der Waals surface area (Å²) in [5.41, 5.74) is 0.0148. The smallest absolute Gasteiger partial charge is 0.338 e. The predicted molar refractivity (Wildman–Crippen MR) is 79.9 cm³/mol. The van der Waals surface area contributed by atoms with E-state index in [0.717, 1.165) is 12.1 Å². The van der Waals surface area contributed by atoms with Gasteiger partial charge >= 0.3 is 5.97 Å². The van der Waals surface area contributed by atoms with Crippen LogP contribution in [-0.2, 0) is 16.6 Å². The van der Waals surface area contributed by atoms with Gasteiger partial charge in [-0.1, -0.05) is 29.3 Å². The van der Waals surface area contributed by atoms with Crippen molar-refractivity contribution >= 4 is 40.0 Å². The first-order chi connectivity index (χ1) is 9.88. The maximum absolute atomic E-state index is 13.6. The number of hydrogen-bond acceptors (Lipinski definition) is 2. The van der Waals surface area contributed by atoms with Crippen LogP contribution in [0.25, 0.3) is 0 Å². The highest BCUT2D eigenvalue weighted by Crippen LogP contribution is 2.25. The Bertz CT molecular complexity index is 734. The van der Waals surface area contributed by atoms with Crippen LogP contribution < -0.4 is 0 Å². The van der Waals surface area contributed by atoms with Gasteiger partial charge in [0, 0.05) is 4.90 Å². The molecule has 7 heteroatoms. The van der Waals surface area contributed by atoms with Gasteiger partial charge in [0.25, 0.3) is 0 Å². The number of aromatic carboxylic acids is 1. The Morgan fingerprint density at radius 3 is 2.43 bits per heavy atom. The summed E-state index contributed by atoms with van der Waals surface area (Å²) in [6.45, 7) is 0. The fourth-order valence-electron chi connectivity index (χ4n) is 1.68. The van der Waals surface area contributed by atoms with Crippen LogP contribution in [0, 0.1) is 5.82 Å². The zero-order valence-electron chi connectivity index (χ0n) is 10.5. The summed E-state index contributed by atoms with van der Waals surface area (Å²) in [6, 6.07) is 8.25.